The standard InChI is InChI=1S/C20H19F5N8O/c21-14(22)10-33-17-13(8-29-33)26-9-15(30-17)31-3-1-19(2-4-31)5-16(34)32(11-19)12-6-27-18(28-7-12)20(23,24)25/h6-9,14H,1-5,10-11H2. The van der Waals surface area contributed by atoms with E-state index in [1.54, 1.807) is 6.20 Å². The molecule has 34 heavy (non-hydrogen) atoms. The molecule has 0 atom stereocenters. The molecule has 0 saturated carbocycles. The minimum absolute atomic E-state index is 0.186. The number of halogens is 5. The number of nitrogens with zero attached hydrogens (tertiary/aromatic N) is 8. The van der Waals surface area contributed by atoms with E-state index in [4.69, 9.17) is 0 Å². The van der Waals surface area contributed by atoms with Crippen LogP contribution in [0.5, 0.6) is 0 Å². The van der Waals surface area contributed by atoms with Crippen molar-refractivity contribution >= 4 is 28.6 Å². The van der Waals surface area contributed by atoms with E-state index in [1.807, 2.05) is 4.90 Å². The molecule has 0 aromatic carbocycles. The lowest BCUT2D eigenvalue weighted by atomic mass is 9.77. The van der Waals surface area contributed by atoms with Crippen molar-refractivity contribution < 1.29 is 26.7 Å². The van der Waals surface area contributed by atoms with E-state index in [-0.39, 0.29) is 29.1 Å². The molecule has 0 N–H and O–H groups in total. The zero-order valence-corrected chi connectivity index (χ0v) is 17.7. The van der Waals surface area contributed by atoms with Crippen molar-refractivity contribution in [3.8, 4) is 0 Å². The fourth-order valence-corrected chi connectivity index (χ4v) is 4.54. The number of carbonyl (C=O) groups is 1. The molecule has 0 bridgehead atoms. The normalized spacial score (nSPS) is 18.6. The van der Waals surface area contributed by atoms with Gasteiger partial charge < -0.3 is 9.80 Å². The number of fused-ring (bicyclic) bond motifs is 1. The van der Waals surface area contributed by atoms with E-state index < -0.39 is 25.0 Å². The second-order valence-electron chi connectivity index (χ2n) is 8.56. The van der Waals surface area contributed by atoms with Gasteiger partial charge in [-0.2, -0.15) is 18.3 Å². The first-order valence-electron chi connectivity index (χ1n) is 10.5. The van der Waals surface area contributed by atoms with Crippen LogP contribution in [0.15, 0.2) is 24.8 Å². The van der Waals surface area contributed by atoms with Gasteiger partial charge in [-0.1, -0.05) is 0 Å². The van der Waals surface area contributed by atoms with Crippen molar-refractivity contribution in [2.45, 2.75) is 38.4 Å². The second-order valence-corrected chi connectivity index (χ2v) is 8.56. The first-order valence-corrected chi connectivity index (χ1v) is 10.5. The molecule has 3 aromatic rings. The first kappa shape index (κ1) is 22.3. The molecule has 3 aromatic heterocycles. The molecule has 5 rings (SSSR count). The summed E-state index contributed by atoms with van der Waals surface area (Å²) >= 11 is 0. The van der Waals surface area contributed by atoms with E-state index in [2.05, 4.69) is 25.0 Å². The number of piperidine rings is 1. The number of anilines is 2. The average molecular weight is 482 g/mol. The van der Waals surface area contributed by atoms with Crippen molar-refractivity contribution in [3.63, 3.8) is 0 Å². The van der Waals surface area contributed by atoms with Crippen molar-refractivity contribution in [1.82, 2.24) is 29.7 Å². The zero-order chi connectivity index (χ0) is 24.1. The van der Waals surface area contributed by atoms with Gasteiger partial charge in [0.1, 0.15) is 17.9 Å². The molecular weight excluding hydrogens is 463 g/mol. The predicted octanol–water partition coefficient (Wildman–Crippen LogP) is 2.92. The van der Waals surface area contributed by atoms with Crippen LogP contribution in [0.25, 0.3) is 11.2 Å². The zero-order valence-electron chi connectivity index (χ0n) is 17.7. The molecular formula is C20H19F5N8O. The Balaban J connectivity index is 1.28. The van der Waals surface area contributed by atoms with Gasteiger partial charge in [-0.3, -0.25) is 4.79 Å². The maximum Gasteiger partial charge on any atom is 0.451 e. The number of hydrogen-bond acceptors (Lipinski definition) is 7. The molecule has 9 nitrogen and oxygen atoms in total. The quantitative estimate of drug-likeness (QED) is 0.528. The minimum atomic E-state index is -4.65. The topological polar surface area (TPSA) is 92.9 Å². The number of hydrogen-bond donors (Lipinski definition) is 0. The summed E-state index contributed by atoms with van der Waals surface area (Å²) in [5, 5.41) is 3.92. The van der Waals surface area contributed by atoms with Gasteiger partial charge in [0.25, 0.3) is 6.43 Å². The molecule has 14 heteroatoms. The minimum Gasteiger partial charge on any atom is -0.355 e. The Morgan fingerprint density at radius 3 is 2.38 bits per heavy atom. The Hall–Kier alpha value is -3.45. The summed E-state index contributed by atoms with van der Waals surface area (Å²) in [7, 11) is 0. The summed E-state index contributed by atoms with van der Waals surface area (Å²) in [5.74, 6) is -0.900. The van der Waals surface area contributed by atoms with E-state index >= 15 is 0 Å². The van der Waals surface area contributed by atoms with Crippen LogP contribution in [-0.2, 0) is 17.5 Å². The van der Waals surface area contributed by atoms with Gasteiger partial charge in [-0.25, -0.2) is 33.4 Å². The van der Waals surface area contributed by atoms with Gasteiger partial charge in [-0.05, 0) is 12.8 Å². The average Bonchev–Trinajstić information content (AvgIpc) is 3.33. The molecule has 2 fully saturated rings. The Labute approximate surface area is 189 Å². The second kappa shape index (κ2) is 8.09. The van der Waals surface area contributed by atoms with Crippen molar-refractivity contribution in [1.29, 1.82) is 0 Å². The fourth-order valence-electron chi connectivity index (χ4n) is 4.54. The number of alkyl halides is 5. The molecule has 2 aliphatic rings. The summed E-state index contributed by atoms with van der Waals surface area (Å²) in [6, 6.07) is 0. The molecule has 5 heterocycles. The van der Waals surface area contributed by atoms with Crippen LogP contribution in [-0.4, -0.2) is 61.7 Å². The molecule has 1 amide bonds. The Bertz CT molecular complexity index is 1200. The summed E-state index contributed by atoms with van der Waals surface area (Å²) in [6.07, 6.45) is -0.646. The Kier molecular flexibility index (Phi) is 5.32. The van der Waals surface area contributed by atoms with Gasteiger partial charge in [0.15, 0.2) is 5.65 Å². The lowest BCUT2D eigenvalue weighted by molar-refractivity contribution is -0.145. The van der Waals surface area contributed by atoms with Crippen LogP contribution in [0, 0.1) is 5.41 Å². The monoisotopic (exact) mass is 482 g/mol. The molecule has 2 saturated heterocycles. The smallest absolute Gasteiger partial charge is 0.355 e. The Morgan fingerprint density at radius 2 is 1.74 bits per heavy atom. The molecule has 1 spiro atoms. The van der Waals surface area contributed by atoms with Gasteiger partial charge in [-0.15, -0.1) is 0 Å². The lowest BCUT2D eigenvalue weighted by Gasteiger charge is -2.39. The van der Waals surface area contributed by atoms with E-state index in [1.165, 1.54) is 11.1 Å². The molecule has 180 valence electrons. The highest BCUT2D eigenvalue weighted by Gasteiger charge is 2.46. The van der Waals surface area contributed by atoms with Gasteiger partial charge >= 0.3 is 6.18 Å². The van der Waals surface area contributed by atoms with Crippen LogP contribution >= 0.6 is 0 Å². The maximum atomic E-state index is 12.8. The first-order chi connectivity index (χ1) is 16.1. The fraction of sp³-hybridized carbons (Fsp3) is 0.500. The van der Waals surface area contributed by atoms with E-state index in [0.717, 1.165) is 17.1 Å². The third-order valence-electron chi connectivity index (χ3n) is 6.32. The summed E-state index contributed by atoms with van der Waals surface area (Å²) < 4.78 is 64.9. The van der Waals surface area contributed by atoms with Gasteiger partial charge in [0, 0.05) is 31.5 Å². The molecule has 2 aliphatic heterocycles. The number of carbonyl (C=O) groups excluding carboxylic acids is 1. The van der Waals surface area contributed by atoms with Crippen LogP contribution in [0.4, 0.5) is 33.5 Å². The van der Waals surface area contributed by atoms with Crippen LogP contribution in [0.3, 0.4) is 0 Å². The van der Waals surface area contributed by atoms with Crippen LogP contribution < -0.4 is 9.80 Å². The maximum absolute atomic E-state index is 12.8. The lowest BCUT2D eigenvalue weighted by Crippen LogP contribution is -2.42. The largest absolute Gasteiger partial charge is 0.451 e. The highest BCUT2D eigenvalue weighted by molar-refractivity contribution is 5.96. The van der Waals surface area contributed by atoms with Crippen molar-refractivity contribution in [3.05, 3.63) is 30.6 Å². The third kappa shape index (κ3) is 4.12. The number of amides is 1. The highest BCUT2D eigenvalue weighted by Crippen LogP contribution is 2.43. The summed E-state index contributed by atoms with van der Waals surface area (Å²) in [6.45, 7) is 0.915. The SMILES string of the molecule is O=C1CC2(CCN(c3cnc4cnn(CC(F)F)c4n3)CC2)CN1c1cnc(C(F)(F)F)nc1. The summed E-state index contributed by atoms with van der Waals surface area (Å²) in [5.41, 5.74) is 0.614. The van der Waals surface area contributed by atoms with E-state index in [9.17, 15) is 26.7 Å². The van der Waals surface area contributed by atoms with Gasteiger partial charge in [0.05, 0.1) is 30.5 Å². The van der Waals surface area contributed by atoms with E-state index in [0.29, 0.717) is 43.8 Å². The molecule has 0 aliphatic carbocycles. The predicted molar refractivity (Wildman–Crippen MR) is 109 cm³/mol. The number of rotatable bonds is 4. The van der Waals surface area contributed by atoms with Crippen LogP contribution in [0.2, 0.25) is 0 Å². The number of aromatic nitrogens is 6. The van der Waals surface area contributed by atoms with Crippen LogP contribution in [0.1, 0.15) is 25.1 Å². The summed E-state index contributed by atoms with van der Waals surface area (Å²) in [4.78, 5) is 31.5. The van der Waals surface area contributed by atoms with Gasteiger partial charge in [0.2, 0.25) is 11.7 Å². The Morgan fingerprint density at radius 1 is 1.03 bits per heavy atom. The highest BCUT2D eigenvalue weighted by atomic mass is 19.4. The van der Waals surface area contributed by atoms with Crippen molar-refractivity contribution in [2.24, 2.45) is 5.41 Å². The third-order valence-corrected chi connectivity index (χ3v) is 6.32. The molecule has 0 unspecified atom stereocenters. The molecule has 0 radical (unpaired) electrons. The van der Waals surface area contributed by atoms with Crippen molar-refractivity contribution in [2.75, 3.05) is 29.4 Å².